The molecule has 3 saturated carbocycles. The molecule has 4 aliphatic carbocycles. The van der Waals surface area contributed by atoms with Crippen molar-refractivity contribution in [1.82, 2.24) is 0 Å². The molecule has 2 heteroatoms. The summed E-state index contributed by atoms with van der Waals surface area (Å²) in [5, 5.41) is 10.3. The van der Waals surface area contributed by atoms with Crippen LogP contribution in [-0.4, -0.2) is 22.9 Å². The molecule has 29 heavy (non-hydrogen) atoms. The van der Waals surface area contributed by atoms with Crippen LogP contribution in [0.25, 0.3) is 0 Å². The van der Waals surface area contributed by atoms with Gasteiger partial charge in [0.2, 0.25) is 0 Å². The number of allylic oxidation sites excluding steroid dienone is 1. The summed E-state index contributed by atoms with van der Waals surface area (Å²) < 4.78 is 6.67. The highest BCUT2D eigenvalue weighted by atomic mass is 16.6. The molecule has 1 aliphatic heterocycles. The van der Waals surface area contributed by atoms with Gasteiger partial charge in [0.15, 0.2) is 0 Å². The van der Waals surface area contributed by atoms with E-state index >= 15 is 0 Å². The fourth-order valence-corrected chi connectivity index (χ4v) is 8.87. The van der Waals surface area contributed by atoms with Crippen molar-refractivity contribution in [3.05, 3.63) is 11.6 Å². The zero-order valence-electron chi connectivity index (χ0n) is 19.5. The number of fused-ring (bicyclic) bond motifs is 3. The lowest BCUT2D eigenvalue weighted by Gasteiger charge is -2.58. The van der Waals surface area contributed by atoms with Crippen LogP contribution in [0.3, 0.4) is 0 Å². The molecule has 1 spiro atoms. The van der Waals surface area contributed by atoms with Gasteiger partial charge in [0, 0.05) is 5.41 Å². The van der Waals surface area contributed by atoms with Gasteiger partial charge in [-0.1, -0.05) is 60.0 Å². The molecule has 0 amide bonds. The Hall–Kier alpha value is -0.340. The number of ether oxygens (including phenoxy) is 1. The molecule has 5 rings (SSSR count). The van der Waals surface area contributed by atoms with Crippen LogP contribution in [0.4, 0.5) is 0 Å². The minimum Gasteiger partial charge on any atom is -0.393 e. The lowest BCUT2D eigenvalue weighted by molar-refractivity contribution is -0.0615. The van der Waals surface area contributed by atoms with Crippen molar-refractivity contribution in [3.63, 3.8) is 0 Å². The van der Waals surface area contributed by atoms with Crippen LogP contribution in [-0.2, 0) is 4.74 Å². The average molecular weight is 401 g/mol. The first-order valence-electron chi connectivity index (χ1n) is 12.8. The standard InChI is InChI=1S/C27H44O2/c1-17(2)7-6-8-18(3)23-16-24-27(29-24)22-10-9-19-15-20(28)11-13-25(19,4)21(22)12-14-26(23,27)5/h10,17-21,23-24,28H,6-9,11-16H2,1-5H3/t18-,19+,20+,21+,23-,24+,25+,26-,27+/m1/s1. The fraction of sp³-hybridized carbons (Fsp3) is 0.926. The number of hydrogen-bond donors (Lipinski definition) is 1. The summed E-state index contributed by atoms with van der Waals surface area (Å²) in [6.45, 7) is 12.4. The molecule has 164 valence electrons. The number of hydrogen-bond acceptors (Lipinski definition) is 2. The number of aliphatic hydroxyl groups is 1. The molecule has 0 aromatic rings. The second-order valence-electron chi connectivity index (χ2n) is 12.5. The van der Waals surface area contributed by atoms with Gasteiger partial charge >= 0.3 is 0 Å². The van der Waals surface area contributed by atoms with Crippen LogP contribution in [0.2, 0.25) is 0 Å². The van der Waals surface area contributed by atoms with Crippen molar-refractivity contribution in [2.24, 2.45) is 40.4 Å². The Morgan fingerprint density at radius 3 is 2.66 bits per heavy atom. The van der Waals surface area contributed by atoms with E-state index in [-0.39, 0.29) is 11.7 Å². The topological polar surface area (TPSA) is 32.8 Å². The summed E-state index contributed by atoms with van der Waals surface area (Å²) >= 11 is 0. The van der Waals surface area contributed by atoms with E-state index in [1.807, 2.05) is 0 Å². The lowest BCUT2D eigenvalue weighted by atomic mass is 9.47. The Balaban J connectivity index is 1.39. The second kappa shape index (κ2) is 6.83. The minimum absolute atomic E-state index is 0.0671. The summed E-state index contributed by atoms with van der Waals surface area (Å²) in [6.07, 6.45) is 15.6. The molecule has 0 aromatic carbocycles. The molecule has 0 bridgehead atoms. The third kappa shape index (κ3) is 2.80. The Morgan fingerprint density at radius 2 is 1.90 bits per heavy atom. The lowest BCUT2D eigenvalue weighted by Crippen LogP contribution is -2.54. The van der Waals surface area contributed by atoms with Crippen LogP contribution >= 0.6 is 0 Å². The number of epoxide rings is 1. The molecule has 0 radical (unpaired) electrons. The van der Waals surface area contributed by atoms with Crippen LogP contribution in [0.5, 0.6) is 0 Å². The van der Waals surface area contributed by atoms with Crippen molar-refractivity contribution in [3.8, 4) is 0 Å². The maximum atomic E-state index is 10.3. The first kappa shape index (κ1) is 20.6. The van der Waals surface area contributed by atoms with E-state index in [1.54, 1.807) is 5.57 Å². The molecule has 5 aliphatic rings. The van der Waals surface area contributed by atoms with Gasteiger partial charge in [0.05, 0.1) is 12.2 Å². The molecule has 1 heterocycles. The number of rotatable bonds is 5. The highest BCUT2D eigenvalue weighted by Gasteiger charge is 2.79. The van der Waals surface area contributed by atoms with Crippen LogP contribution in [0.1, 0.15) is 98.8 Å². The van der Waals surface area contributed by atoms with Gasteiger partial charge in [0.1, 0.15) is 5.60 Å². The molecule has 0 unspecified atom stereocenters. The predicted octanol–water partition coefficient (Wildman–Crippen LogP) is 6.52. The molecule has 1 N–H and O–H groups in total. The van der Waals surface area contributed by atoms with Crippen molar-refractivity contribution >= 4 is 0 Å². The number of aliphatic hydroxyl groups excluding tert-OH is 1. The summed E-state index contributed by atoms with van der Waals surface area (Å²) in [6, 6.07) is 0. The minimum atomic E-state index is -0.0671. The van der Waals surface area contributed by atoms with Gasteiger partial charge in [-0.05, 0) is 85.5 Å². The average Bonchev–Trinajstić information content (AvgIpc) is 3.32. The van der Waals surface area contributed by atoms with Crippen LogP contribution in [0, 0.1) is 40.4 Å². The van der Waals surface area contributed by atoms with Crippen molar-refractivity contribution in [1.29, 1.82) is 0 Å². The molecule has 9 atom stereocenters. The summed E-state index contributed by atoms with van der Waals surface area (Å²) in [5.41, 5.74) is 2.52. The Bertz CT molecular complexity index is 682. The summed E-state index contributed by atoms with van der Waals surface area (Å²) in [7, 11) is 0. The van der Waals surface area contributed by atoms with E-state index in [2.05, 4.69) is 40.7 Å². The SMILES string of the molecule is CC(C)CCC[C@@H](C)[C@H]1C[C@@H]2O[C@@]23C2=CC[C@H]4C[C@@H](O)CC[C@]4(C)[C@H]2CC[C@]13C. The normalized spacial score (nSPS) is 51.6. The van der Waals surface area contributed by atoms with Gasteiger partial charge in [-0.3, -0.25) is 0 Å². The van der Waals surface area contributed by atoms with E-state index in [0.717, 1.165) is 30.6 Å². The third-order valence-corrected chi connectivity index (χ3v) is 10.7. The van der Waals surface area contributed by atoms with Crippen LogP contribution in [0.15, 0.2) is 11.6 Å². The Morgan fingerprint density at radius 1 is 1.10 bits per heavy atom. The molecule has 2 nitrogen and oxygen atoms in total. The van der Waals surface area contributed by atoms with Gasteiger partial charge in [0.25, 0.3) is 0 Å². The van der Waals surface area contributed by atoms with E-state index in [1.165, 1.54) is 51.4 Å². The zero-order valence-corrected chi connectivity index (χ0v) is 19.5. The molecular formula is C27H44O2. The van der Waals surface area contributed by atoms with E-state index in [9.17, 15) is 5.11 Å². The molecule has 1 saturated heterocycles. The maximum Gasteiger partial charge on any atom is 0.122 e. The smallest absolute Gasteiger partial charge is 0.122 e. The fourth-order valence-electron chi connectivity index (χ4n) is 8.87. The van der Waals surface area contributed by atoms with Crippen molar-refractivity contribution in [2.75, 3.05) is 0 Å². The first-order valence-corrected chi connectivity index (χ1v) is 12.8. The molecule has 0 aromatic heterocycles. The van der Waals surface area contributed by atoms with Gasteiger partial charge in [-0.15, -0.1) is 0 Å². The largest absolute Gasteiger partial charge is 0.393 e. The zero-order chi connectivity index (χ0) is 20.6. The summed E-state index contributed by atoms with van der Waals surface area (Å²) in [5.74, 6) is 3.84. The van der Waals surface area contributed by atoms with E-state index < -0.39 is 0 Å². The molecule has 4 fully saturated rings. The third-order valence-electron chi connectivity index (χ3n) is 10.7. The Labute approximate surface area is 178 Å². The second-order valence-corrected chi connectivity index (χ2v) is 12.5. The van der Waals surface area contributed by atoms with Crippen molar-refractivity contribution in [2.45, 2.75) is 117 Å². The van der Waals surface area contributed by atoms with E-state index in [0.29, 0.717) is 28.8 Å². The Kier molecular flexibility index (Phi) is 4.84. The monoisotopic (exact) mass is 400 g/mol. The highest BCUT2D eigenvalue weighted by molar-refractivity contribution is 5.43. The predicted molar refractivity (Wildman–Crippen MR) is 119 cm³/mol. The first-order chi connectivity index (χ1) is 13.7. The van der Waals surface area contributed by atoms with Gasteiger partial charge in [-0.25, -0.2) is 0 Å². The summed E-state index contributed by atoms with van der Waals surface area (Å²) in [4.78, 5) is 0. The van der Waals surface area contributed by atoms with E-state index in [4.69, 9.17) is 4.74 Å². The van der Waals surface area contributed by atoms with Crippen LogP contribution < -0.4 is 0 Å². The van der Waals surface area contributed by atoms with Gasteiger partial charge in [-0.2, -0.15) is 0 Å². The highest BCUT2D eigenvalue weighted by Crippen LogP contribution is 2.76. The maximum absolute atomic E-state index is 10.3. The van der Waals surface area contributed by atoms with Crippen molar-refractivity contribution < 1.29 is 9.84 Å². The molecular weight excluding hydrogens is 356 g/mol. The quantitative estimate of drug-likeness (QED) is 0.421. The van der Waals surface area contributed by atoms with Gasteiger partial charge < -0.3 is 9.84 Å².